The second-order valence-corrected chi connectivity index (χ2v) is 12.9. The molecule has 0 heterocycles. The third kappa shape index (κ3) is 8.65. The second kappa shape index (κ2) is 15.6. The molecule has 0 saturated carbocycles. The Kier molecular flexibility index (Phi) is 11.6. The highest BCUT2D eigenvalue weighted by molar-refractivity contribution is 7.92. The molecule has 0 bridgehead atoms. The molecule has 0 spiro atoms. The lowest BCUT2D eigenvalue weighted by Crippen LogP contribution is -2.53. The molecule has 0 aliphatic carbocycles. The average molecular weight is 648 g/mol. The van der Waals surface area contributed by atoms with E-state index in [2.05, 4.69) is 5.32 Å². The molecule has 4 aromatic rings. The van der Waals surface area contributed by atoms with E-state index in [1.165, 1.54) is 30.2 Å². The van der Waals surface area contributed by atoms with Crippen molar-refractivity contribution in [3.05, 3.63) is 125 Å². The Morgan fingerprint density at radius 2 is 1.51 bits per heavy atom. The zero-order valence-corrected chi connectivity index (χ0v) is 27.2. The molecule has 0 radical (unpaired) electrons. The number of hydrogen-bond acceptors (Lipinski definition) is 5. The summed E-state index contributed by atoms with van der Waals surface area (Å²) in [6, 6.07) is 28.8. The number of carbonyl (C=O) groups is 2. The van der Waals surface area contributed by atoms with Crippen LogP contribution < -0.4 is 14.4 Å². The first-order chi connectivity index (χ1) is 21.6. The van der Waals surface area contributed by atoms with Gasteiger partial charge in [0.15, 0.2) is 0 Å². The van der Waals surface area contributed by atoms with Crippen LogP contribution in [-0.4, -0.2) is 51.4 Å². The van der Waals surface area contributed by atoms with Crippen molar-refractivity contribution in [3.63, 3.8) is 0 Å². The summed E-state index contributed by atoms with van der Waals surface area (Å²) in [6.45, 7) is 3.78. The summed E-state index contributed by atoms with van der Waals surface area (Å²) in [6.07, 6.45) is 0.964. The van der Waals surface area contributed by atoms with Crippen LogP contribution in [0.3, 0.4) is 0 Å². The minimum atomic E-state index is -4.24. The number of ether oxygens (including phenoxy) is 1. The highest BCUT2D eigenvalue weighted by atomic mass is 35.5. The van der Waals surface area contributed by atoms with Crippen molar-refractivity contribution >= 4 is 39.1 Å². The third-order valence-corrected chi connectivity index (χ3v) is 9.41. The van der Waals surface area contributed by atoms with Crippen LogP contribution in [0.25, 0.3) is 0 Å². The Labute approximate surface area is 270 Å². The normalized spacial score (nSPS) is 11.8. The van der Waals surface area contributed by atoms with E-state index < -0.39 is 28.5 Å². The van der Waals surface area contributed by atoms with Crippen molar-refractivity contribution in [1.29, 1.82) is 0 Å². The van der Waals surface area contributed by atoms with Crippen LogP contribution in [0.15, 0.2) is 108 Å². The predicted octanol–water partition coefficient (Wildman–Crippen LogP) is 6.02. The fraction of sp³-hybridized carbons (Fsp3) is 0.257. The number of anilines is 1. The zero-order chi connectivity index (χ0) is 32.4. The molecule has 8 nitrogen and oxygen atoms in total. The molecule has 1 unspecified atom stereocenters. The quantitative estimate of drug-likeness (QED) is 0.181. The molecule has 10 heteroatoms. The summed E-state index contributed by atoms with van der Waals surface area (Å²) in [5.41, 5.74) is 2.74. The van der Waals surface area contributed by atoms with E-state index in [1.54, 1.807) is 24.3 Å². The number of benzene rings is 4. The van der Waals surface area contributed by atoms with Crippen LogP contribution in [0.5, 0.6) is 5.75 Å². The van der Waals surface area contributed by atoms with Crippen molar-refractivity contribution in [2.45, 2.75) is 44.2 Å². The standard InChI is InChI=1S/C35H38ClN3O5S/c1-4-21-37-35(41)32(22-27-11-7-5-8-12-27)38(24-28-13-9-6-10-14-28)34(40)25-39(29-17-20-33(44-3)31(36)23-29)45(42,43)30-18-15-26(2)16-19-30/h5-20,23,32H,4,21-22,24-25H2,1-3H3,(H,37,41). The van der Waals surface area contributed by atoms with Gasteiger partial charge in [-0.05, 0) is 54.8 Å². The van der Waals surface area contributed by atoms with Gasteiger partial charge in [0, 0.05) is 19.5 Å². The van der Waals surface area contributed by atoms with Gasteiger partial charge in [-0.15, -0.1) is 0 Å². The number of rotatable bonds is 14. The Bertz CT molecular complexity index is 1680. The molecule has 4 rings (SSSR count). The molecule has 0 saturated heterocycles. The average Bonchev–Trinajstić information content (AvgIpc) is 3.05. The maximum absolute atomic E-state index is 14.5. The number of sulfonamides is 1. The van der Waals surface area contributed by atoms with E-state index in [-0.39, 0.29) is 34.5 Å². The zero-order valence-electron chi connectivity index (χ0n) is 25.6. The van der Waals surface area contributed by atoms with Gasteiger partial charge < -0.3 is 15.0 Å². The molecule has 0 aliphatic rings. The molecule has 2 amide bonds. The lowest BCUT2D eigenvalue weighted by Gasteiger charge is -2.34. The Hall–Kier alpha value is -4.34. The molecule has 0 aliphatic heterocycles. The summed E-state index contributed by atoms with van der Waals surface area (Å²) >= 11 is 6.43. The van der Waals surface area contributed by atoms with Crippen molar-refractivity contribution < 1.29 is 22.7 Å². The van der Waals surface area contributed by atoms with Crippen LogP contribution >= 0.6 is 11.6 Å². The highest BCUT2D eigenvalue weighted by Gasteiger charge is 2.34. The third-order valence-electron chi connectivity index (χ3n) is 7.33. The predicted molar refractivity (Wildman–Crippen MR) is 178 cm³/mol. The van der Waals surface area contributed by atoms with Gasteiger partial charge in [-0.3, -0.25) is 13.9 Å². The van der Waals surface area contributed by atoms with Gasteiger partial charge in [0.25, 0.3) is 10.0 Å². The molecule has 1 atom stereocenters. The van der Waals surface area contributed by atoms with Crippen LogP contribution in [0, 0.1) is 6.92 Å². The summed E-state index contributed by atoms with van der Waals surface area (Å²) in [5.74, 6) is -0.500. The van der Waals surface area contributed by atoms with Crippen LogP contribution in [0.2, 0.25) is 5.02 Å². The first-order valence-corrected chi connectivity index (χ1v) is 16.5. The van der Waals surface area contributed by atoms with Crippen molar-refractivity contribution in [2.24, 2.45) is 0 Å². The van der Waals surface area contributed by atoms with Gasteiger partial charge in [-0.1, -0.05) is 96.9 Å². The molecule has 0 fully saturated rings. The van der Waals surface area contributed by atoms with Crippen molar-refractivity contribution in [1.82, 2.24) is 10.2 Å². The van der Waals surface area contributed by atoms with E-state index >= 15 is 0 Å². The number of nitrogens with one attached hydrogen (secondary N) is 1. The molecule has 45 heavy (non-hydrogen) atoms. The lowest BCUT2D eigenvalue weighted by atomic mass is 10.0. The van der Waals surface area contributed by atoms with E-state index in [0.717, 1.165) is 27.4 Å². The van der Waals surface area contributed by atoms with Gasteiger partial charge in [-0.25, -0.2) is 8.42 Å². The Balaban J connectivity index is 1.80. The van der Waals surface area contributed by atoms with Gasteiger partial charge in [0.1, 0.15) is 18.3 Å². The number of hydrogen-bond donors (Lipinski definition) is 1. The van der Waals surface area contributed by atoms with E-state index in [4.69, 9.17) is 16.3 Å². The molecule has 4 aromatic carbocycles. The van der Waals surface area contributed by atoms with Gasteiger partial charge in [0.2, 0.25) is 11.8 Å². The number of halogens is 1. The van der Waals surface area contributed by atoms with Crippen molar-refractivity contribution in [2.75, 3.05) is 24.5 Å². The number of methoxy groups -OCH3 is 1. The Morgan fingerprint density at radius 3 is 2.09 bits per heavy atom. The first-order valence-electron chi connectivity index (χ1n) is 14.7. The number of nitrogens with zero attached hydrogens (tertiary/aromatic N) is 2. The minimum absolute atomic E-state index is 0.0176. The number of carbonyl (C=O) groups excluding carboxylic acids is 2. The fourth-order valence-electron chi connectivity index (χ4n) is 4.88. The van der Waals surface area contributed by atoms with Crippen molar-refractivity contribution in [3.8, 4) is 5.75 Å². The van der Waals surface area contributed by atoms with Crippen LogP contribution in [0.4, 0.5) is 5.69 Å². The summed E-state index contributed by atoms with van der Waals surface area (Å²) < 4.78 is 34.6. The van der Waals surface area contributed by atoms with Crippen LogP contribution in [-0.2, 0) is 32.6 Å². The molecule has 1 N–H and O–H groups in total. The smallest absolute Gasteiger partial charge is 0.264 e. The highest BCUT2D eigenvalue weighted by Crippen LogP contribution is 2.32. The summed E-state index contributed by atoms with van der Waals surface area (Å²) in [7, 11) is -2.78. The molecular formula is C35H38ClN3O5S. The lowest BCUT2D eigenvalue weighted by molar-refractivity contribution is -0.140. The summed E-state index contributed by atoms with van der Waals surface area (Å²) in [4.78, 5) is 29.6. The van der Waals surface area contributed by atoms with E-state index in [9.17, 15) is 18.0 Å². The minimum Gasteiger partial charge on any atom is -0.495 e. The number of amides is 2. The van der Waals surface area contributed by atoms with Crippen LogP contribution in [0.1, 0.15) is 30.0 Å². The maximum atomic E-state index is 14.5. The fourth-order valence-corrected chi connectivity index (χ4v) is 6.53. The first kappa shape index (κ1) is 33.6. The molecule has 236 valence electrons. The SMILES string of the molecule is CCCNC(=O)C(Cc1ccccc1)N(Cc1ccccc1)C(=O)CN(c1ccc(OC)c(Cl)c1)S(=O)(=O)c1ccc(C)cc1. The largest absolute Gasteiger partial charge is 0.495 e. The Morgan fingerprint density at radius 1 is 0.889 bits per heavy atom. The maximum Gasteiger partial charge on any atom is 0.264 e. The van der Waals surface area contributed by atoms with Gasteiger partial charge in [0.05, 0.1) is 22.7 Å². The molecular weight excluding hydrogens is 610 g/mol. The molecule has 0 aromatic heterocycles. The second-order valence-electron chi connectivity index (χ2n) is 10.6. The topological polar surface area (TPSA) is 96.0 Å². The van der Waals surface area contributed by atoms with E-state index in [1.807, 2.05) is 74.5 Å². The van der Waals surface area contributed by atoms with E-state index in [0.29, 0.717) is 12.3 Å². The monoisotopic (exact) mass is 647 g/mol. The van der Waals surface area contributed by atoms with Gasteiger partial charge >= 0.3 is 0 Å². The van der Waals surface area contributed by atoms with Gasteiger partial charge in [-0.2, -0.15) is 0 Å². The summed E-state index contributed by atoms with van der Waals surface area (Å²) in [5, 5.41) is 3.13. The number of aryl methyl sites for hydroxylation is 1.